The molecule has 140 valence electrons. The molecule has 1 fully saturated rings. The van der Waals surface area contributed by atoms with Crippen LogP contribution < -0.4 is 0 Å². The third kappa shape index (κ3) is 4.01. The topological polar surface area (TPSA) is 71.8 Å². The van der Waals surface area contributed by atoms with Gasteiger partial charge in [-0.3, -0.25) is 4.79 Å². The van der Waals surface area contributed by atoms with Gasteiger partial charge in [-0.25, -0.2) is 13.4 Å². The van der Waals surface area contributed by atoms with Gasteiger partial charge in [0.05, 0.1) is 22.8 Å². The van der Waals surface area contributed by atoms with Crippen LogP contribution in [0.1, 0.15) is 16.1 Å². The number of pyridine rings is 1. The van der Waals surface area contributed by atoms with Gasteiger partial charge < -0.3 is 9.30 Å². The lowest BCUT2D eigenvalue weighted by Crippen LogP contribution is -2.43. The smallest absolute Gasteiger partial charge is 0.255 e. The van der Waals surface area contributed by atoms with Crippen LogP contribution in [0.2, 0.25) is 0 Å². The lowest BCUT2D eigenvalue weighted by Gasteiger charge is -2.27. The van der Waals surface area contributed by atoms with Crippen LogP contribution in [0, 0.1) is 0 Å². The second-order valence-corrected chi connectivity index (χ2v) is 9.75. The van der Waals surface area contributed by atoms with Crippen molar-refractivity contribution in [1.82, 2.24) is 14.3 Å². The largest absolute Gasteiger partial charge is 0.337 e. The molecule has 0 saturated carbocycles. The van der Waals surface area contributed by atoms with Gasteiger partial charge >= 0.3 is 0 Å². The lowest BCUT2D eigenvalue weighted by molar-refractivity contribution is 0.0767. The van der Waals surface area contributed by atoms with Gasteiger partial charge in [0.1, 0.15) is 5.65 Å². The first-order chi connectivity index (χ1) is 13.0. The molecule has 27 heavy (non-hydrogen) atoms. The van der Waals surface area contributed by atoms with Gasteiger partial charge in [-0.05, 0) is 24.3 Å². The first kappa shape index (κ1) is 18.1. The summed E-state index contributed by atoms with van der Waals surface area (Å²) in [5.41, 5.74) is 2.45. The van der Waals surface area contributed by atoms with Crippen molar-refractivity contribution in [2.24, 2.45) is 0 Å². The van der Waals surface area contributed by atoms with E-state index in [0.717, 1.165) is 16.2 Å². The van der Waals surface area contributed by atoms with E-state index in [9.17, 15) is 13.2 Å². The van der Waals surface area contributed by atoms with Crippen LogP contribution in [0.4, 0.5) is 0 Å². The van der Waals surface area contributed by atoms with Crippen LogP contribution in [-0.2, 0) is 15.6 Å². The number of nitrogens with zero attached hydrogens (tertiary/aromatic N) is 3. The summed E-state index contributed by atoms with van der Waals surface area (Å²) in [5.74, 6) is 0.619. The summed E-state index contributed by atoms with van der Waals surface area (Å²) in [5, 5.41) is 0. The molecule has 0 bridgehead atoms. The number of carbonyl (C=O) groups excluding carboxylic acids is 1. The molecule has 1 saturated heterocycles. The van der Waals surface area contributed by atoms with Crippen molar-refractivity contribution in [2.75, 3.05) is 24.6 Å². The highest BCUT2D eigenvalue weighted by Gasteiger charge is 2.26. The summed E-state index contributed by atoms with van der Waals surface area (Å²) < 4.78 is 25.2. The molecule has 0 radical (unpaired) electrons. The number of hydrogen-bond acceptors (Lipinski definition) is 5. The van der Waals surface area contributed by atoms with Gasteiger partial charge in [0, 0.05) is 36.1 Å². The summed E-state index contributed by atoms with van der Waals surface area (Å²) in [6, 6.07) is 13.3. The predicted molar refractivity (Wildman–Crippen MR) is 106 cm³/mol. The molecule has 3 heterocycles. The minimum atomic E-state index is -3.01. The van der Waals surface area contributed by atoms with Gasteiger partial charge in [-0.1, -0.05) is 18.2 Å². The molecule has 0 N–H and O–H groups in total. The Kier molecular flexibility index (Phi) is 4.92. The first-order valence-electron chi connectivity index (χ1n) is 8.66. The number of hydrogen-bond donors (Lipinski definition) is 0. The predicted octanol–water partition coefficient (Wildman–Crippen LogP) is 2.50. The van der Waals surface area contributed by atoms with Crippen LogP contribution >= 0.6 is 11.8 Å². The number of amides is 1. The molecule has 2 aromatic heterocycles. The van der Waals surface area contributed by atoms with Crippen LogP contribution in [0.15, 0.2) is 59.8 Å². The number of rotatable bonds is 4. The molecule has 0 spiro atoms. The maximum absolute atomic E-state index is 12.9. The van der Waals surface area contributed by atoms with Crippen molar-refractivity contribution < 1.29 is 13.2 Å². The normalized spacial score (nSPS) is 16.5. The van der Waals surface area contributed by atoms with Crippen molar-refractivity contribution in [3.8, 4) is 0 Å². The zero-order valence-corrected chi connectivity index (χ0v) is 16.2. The second-order valence-electron chi connectivity index (χ2n) is 6.43. The van der Waals surface area contributed by atoms with E-state index in [1.54, 1.807) is 22.7 Å². The average molecular weight is 402 g/mol. The molecule has 1 amide bonds. The summed E-state index contributed by atoms with van der Waals surface area (Å²) >= 11 is 1.57. The van der Waals surface area contributed by atoms with E-state index >= 15 is 0 Å². The van der Waals surface area contributed by atoms with E-state index in [1.807, 2.05) is 53.2 Å². The SMILES string of the molecule is O=C(c1ccccc1SCc1cn2ccccc2n1)N1CCS(=O)(=O)CC1. The summed E-state index contributed by atoms with van der Waals surface area (Å²) in [6.07, 6.45) is 3.95. The lowest BCUT2D eigenvalue weighted by atomic mass is 10.2. The van der Waals surface area contributed by atoms with E-state index in [1.165, 1.54) is 0 Å². The van der Waals surface area contributed by atoms with Crippen molar-refractivity contribution in [2.45, 2.75) is 10.6 Å². The van der Waals surface area contributed by atoms with E-state index in [2.05, 4.69) is 4.98 Å². The van der Waals surface area contributed by atoms with Crippen LogP contribution in [0.25, 0.3) is 5.65 Å². The number of carbonyl (C=O) groups is 1. The molecule has 4 rings (SSSR count). The quantitative estimate of drug-likeness (QED) is 0.628. The number of sulfone groups is 1. The van der Waals surface area contributed by atoms with Gasteiger partial charge in [0.15, 0.2) is 9.84 Å². The molecule has 0 unspecified atom stereocenters. The van der Waals surface area contributed by atoms with Crippen molar-refractivity contribution in [1.29, 1.82) is 0 Å². The standard InChI is InChI=1S/C19H19N3O3S2/c23-19(21-9-11-27(24,25)12-10-21)16-5-1-2-6-17(16)26-14-15-13-22-8-4-3-7-18(22)20-15/h1-8,13H,9-12,14H2. The molecule has 1 aliphatic rings. The summed E-state index contributed by atoms with van der Waals surface area (Å²) in [7, 11) is -3.01. The number of aromatic nitrogens is 2. The van der Waals surface area contributed by atoms with Crippen molar-refractivity contribution >= 4 is 33.2 Å². The van der Waals surface area contributed by atoms with Gasteiger partial charge in [-0.15, -0.1) is 11.8 Å². The Labute approximate surface area is 162 Å². The monoisotopic (exact) mass is 401 g/mol. The molecule has 8 heteroatoms. The summed E-state index contributed by atoms with van der Waals surface area (Å²) in [6.45, 7) is 0.513. The van der Waals surface area contributed by atoms with Crippen molar-refractivity contribution in [3.05, 3.63) is 66.1 Å². The van der Waals surface area contributed by atoms with Crippen LogP contribution in [-0.4, -0.2) is 53.2 Å². The highest BCUT2D eigenvalue weighted by Crippen LogP contribution is 2.27. The van der Waals surface area contributed by atoms with E-state index in [0.29, 0.717) is 11.3 Å². The van der Waals surface area contributed by atoms with Crippen LogP contribution in [0.5, 0.6) is 0 Å². The first-order valence-corrected chi connectivity index (χ1v) is 11.5. The molecule has 0 atom stereocenters. The number of thioether (sulfide) groups is 1. The fourth-order valence-corrected chi connectivity index (χ4v) is 5.19. The van der Waals surface area contributed by atoms with E-state index in [-0.39, 0.29) is 30.5 Å². The molecule has 1 aliphatic heterocycles. The molecular formula is C19H19N3O3S2. The number of fused-ring (bicyclic) bond motifs is 1. The fraction of sp³-hybridized carbons (Fsp3) is 0.263. The molecule has 1 aromatic carbocycles. The fourth-order valence-electron chi connectivity index (χ4n) is 3.06. The van der Waals surface area contributed by atoms with Crippen molar-refractivity contribution in [3.63, 3.8) is 0 Å². The Balaban J connectivity index is 1.50. The zero-order chi connectivity index (χ0) is 18.9. The molecular weight excluding hydrogens is 382 g/mol. The van der Waals surface area contributed by atoms with Gasteiger partial charge in [0.2, 0.25) is 0 Å². The van der Waals surface area contributed by atoms with E-state index in [4.69, 9.17) is 0 Å². The maximum atomic E-state index is 12.9. The minimum absolute atomic E-state index is 0.0370. The van der Waals surface area contributed by atoms with Gasteiger partial charge in [-0.2, -0.15) is 0 Å². The summed E-state index contributed by atoms with van der Waals surface area (Å²) in [4.78, 5) is 20.0. The minimum Gasteiger partial charge on any atom is -0.337 e. The molecule has 3 aromatic rings. The number of imidazole rings is 1. The number of benzene rings is 1. The Morgan fingerprint density at radius 3 is 2.59 bits per heavy atom. The third-order valence-electron chi connectivity index (χ3n) is 4.54. The Morgan fingerprint density at radius 1 is 1.07 bits per heavy atom. The highest BCUT2D eigenvalue weighted by atomic mass is 32.2. The highest BCUT2D eigenvalue weighted by molar-refractivity contribution is 7.98. The Bertz CT molecular complexity index is 1050. The van der Waals surface area contributed by atoms with Gasteiger partial charge in [0.25, 0.3) is 5.91 Å². The maximum Gasteiger partial charge on any atom is 0.255 e. The Hall–Kier alpha value is -2.32. The van der Waals surface area contributed by atoms with E-state index < -0.39 is 9.84 Å². The van der Waals surface area contributed by atoms with Crippen LogP contribution in [0.3, 0.4) is 0 Å². The molecule has 0 aliphatic carbocycles. The molecule has 6 nitrogen and oxygen atoms in total. The zero-order valence-electron chi connectivity index (χ0n) is 14.6. The Morgan fingerprint density at radius 2 is 1.81 bits per heavy atom. The third-order valence-corrected chi connectivity index (χ3v) is 7.25. The average Bonchev–Trinajstić information content (AvgIpc) is 3.09. The second kappa shape index (κ2) is 7.36.